The van der Waals surface area contributed by atoms with Gasteiger partial charge in [0, 0.05) is 31.2 Å². The molecule has 3 rings (SSSR count). The highest BCUT2D eigenvalue weighted by atomic mass is 16.2. The van der Waals surface area contributed by atoms with E-state index in [1.54, 1.807) is 13.1 Å². The standard InChI is InChI=1S/C15H19N5O3/c1-9-7-20(15(23)18-14(9)22)8-11(21)17-12(10-3-4-10)13-16-5-6-19(13)2/h5-7,10,12H,3-4,8H2,1-2H3,(H,17,21)(H,18,22,23)/t12-/m1/s1. The van der Waals surface area contributed by atoms with E-state index in [9.17, 15) is 14.4 Å². The van der Waals surface area contributed by atoms with E-state index in [4.69, 9.17) is 0 Å². The molecule has 23 heavy (non-hydrogen) atoms. The number of aromatic nitrogens is 4. The van der Waals surface area contributed by atoms with Crippen LogP contribution < -0.4 is 16.6 Å². The Hall–Kier alpha value is -2.64. The third-order valence-corrected chi connectivity index (χ3v) is 4.05. The summed E-state index contributed by atoms with van der Waals surface area (Å²) in [6.45, 7) is 1.46. The van der Waals surface area contributed by atoms with Gasteiger partial charge in [0.2, 0.25) is 5.91 Å². The number of rotatable bonds is 5. The molecule has 2 aromatic heterocycles. The van der Waals surface area contributed by atoms with Crippen LogP contribution >= 0.6 is 0 Å². The summed E-state index contributed by atoms with van der Waals surface area (Å²) in [5.74, 6) is 0.915. The highest BCUT2D eigenvalue weighted by molar-refractivity contribution is 5.76. The quantitative estimate of drug-likeness (QED) is 0.800. The Labute approximate surface area is 132 Å². The summed E-state index contributed by atoms with van der Waals surface area (Å²) in [5, 5.41) is 2.96. The first-order valence-corrected chi connectivity index (χ1v) is 7.52. The fourth-order valence-corrected chi connectivity index (χ4v) is 2.61. The number of imidazole rings is 1. The Morgan fingerprint density at radius 1 is 1.48 bits per heavy atom. The topological polar surface area (TPSA) is 102 Å². The lowest BCUT2D eigenvalue weighted by Gasteiger charge is -2.18. The zero-order valence-corrected chi connectivity index (χ0v) is 13.1. The number of carbonyl (C=O) groups excluding carboxylic acids is 1. The number of carbonyl (C=O) groups is 1. The van der Waals surface area contributed by atoms with E-state index in [2.05, 4.69) is 15.3 Å². The number of nitrogens with one attached hydrogen (secondary N) is 2. The van der Waals surface area contributed by atoms with Gasteiger partial charge in [0.05, 0.1) is 6.04 Å². The second-order valence-corrected chi connectivity index (χ2v) is 5.98. The van der Waals surface area contributed by atoms with Crippen LogP contribution in [0.15, 0.2) is 28.2 Å². The van der Waals surface area contributed by atoms with Gasteiger partial charge in [-0.1, -0.05) is 0 Å². The molecule has 0 bridgehead atoms. The predicted octanol–water partition coefficient (Wildman–Crippen LogP) is -0.154. The SMILES string of the molecule is Cc1cn(CC(=O)N[C@@H](c2nccn2C)C2CC2)c(=O)[nH]c1=O. The predicted molar refractivity (Wildman–Crippen MR) is 82.9 cm³/mol. The van der Waals surface area contributed by atoms with E-state index in [1.807, 2.05) is 17.8 Å². The van der Waals surface area contributed by atoms with Crippen molar-refractivity contribution in [2.24, 2.45) is 13.0 Å². The number of aryl methyl sites for hydroxylation is 2. The zero-order valence-electron chi connectivity index (χ0n) is 13.1. The van der Waals surface area contributed by atoms with Gasteiger partial charge in [-0.25, -0.2) is 9.78 Å². The molecule has 0 aliphatic heterocycles. The van der Waals surface area contributed by atoms with Gasteiger partial charge in [-0.3, -0.25) is 19.1 Å². The Morgan fingerprint density at radius 3 is 2.83 bits per heavy atom. The summed E-state index contributed by atoms with van der Waals surface area (Å²) in [4.78, 5) is 41.9. The minimum Gasteiger partial charge on any atom is -0.344 e. The van der Waals surface area contributed by atoms with Gasteiger partial charge in [0.25, 0.3) is 5.56 Å². The average Bonchev–Trinajstić information content (AvgIpc) is 3.24. The monoisotopic (exact) mass is 317 g/mol. The summed E-state index contributed by atoms with van der Waals surface area (Å²) < 4.78 is 3.09. The normalized spacial score (nSPS) is 15.4. The largest absolute Gasteiger partial charge is 0.344 e. The van der Waals surface area contributed by atoms with E-state index >= 15 is 0 Å². The summed E-state index contributed by atoms with van der Waals surface area (Å²) in [6, 6.07) is -0.151. The molecule has 0 radical (unpaired) electrons. The lowest BCUT2D eigenvalue weighted by Crippen LogP contribution is -2.38. The molecule has 8 nitrogen and oxygen atoms in total. The van der Waals surface area contributed by atoms with Crippen LogP contribution in [-0.4, -0.2) is 25.0 Å². The minimum absolute atomic E-state index is 0.135. The Balaban J connectivity index is 1.76. The molecule has 0 saturated heterocycles. The second-order valence-electron chi connectivity index (χ2n) is 5.98. The first-order valence-electron chi connectivity index (χ1n) is 7.52. The molecule has 1 aliphatic rings. The number of nitrogens with zero attached hydrogens (tertiary/aromatic N) is 3. The molecule has 1 amide bonds. The highest BCUT2D eigenvalue weighted by Gasteiger charge is 2.35. The van der Waals surface area contributed by atoms with Crippen molar-refractivity contribution in [1.29, 1.82) is 0 Å². The number of amides is 1. The lowest BCUT2D eigenvalue weighted by molar-refractivity contribution is -0.122. The first-order chi connectivity index (χ1) is 11.0. The number of hydrogen-bond acceptors (Lipinski definition) is 4. The van der Waals surface area contributed by atoms with Gasteiger partial charge in [0.1, 0.15) is 12.4 Å². The molecule has 2 heterocycles. The van der Waals surface area contributed by atoms with E-state index in [1.165, 1.54) is 10.8 Å². The molecule has 0 aromatic carbocycles. The maximum Gasteiger partial charge on any atom is 0.328 e. The lowest BCUT2D eigenvalue weighted by atomic mass is 10.1. The third kappa shape index (κ3) is 3.25. The molecular weight excluding hydrogens is 298 g/mol. The molecule has 8 heteroatoms. The van der Waals surface area contributed by atoms with Crippen molar-refractivity contribution in [3.8, 4) is 0 Å². The van der Waals surface area contributed by atoms with Crippen LogP contribution in [-0.2, 0) is 18.4 Å². The van der Waals surface area contributed by atoms with E-state index in [0.717, 1.165) is 18.7 Å². The van der Waals surface area contributed by atoms with Crippen molar-refractivity contribution in [2.75, 3.05) is 0 Å². The van der Waals surface area contributed by atoms with E-state index < -0.39 is 11.2 Å². The molecule has 0 unspecified atom stereocenters. The number of hydrogen-bond donors (Lipinski definition) is 2. The van der Waals surface area contributed by atoms with Crippen molar-refractivity contribution in [2.45, 2.75) is 32.4 Å². The molecule has 2 N–H and O–H groups in total. The Morgan fingerprint density at radius 2 is 2.22 bits per heavy atom. The van der Waals surface area contributed by atoms with Gasteiger partial charge in [-0.2, -0.15) is 0 Å². The highest BCUT2D eigenvalue weighted by Crippen LogP contribution is 2.40. The van der Waals surface area contributed by atoms with Gasteiger partial charge < -0.3 is 9.88 Å². The Kier molecular flexibility index (Phi) is 3.89. The average molecular weight is 317 g/mol. The third-order valence-electron chi connectivity index (χ3n) is 4.05. The van der Waals surface area contributed by atoms with E-state index in [-0.39, 0.29) is 18.5 Å². The molecule has 1 fully saturated rings. The summed E-state index contributed by atoms with van der Waals surface area (Å²) in [5.41, 5.74) is -0.633. The summed E-state index contributed by atoms with van der Waals surface area (Å²) in [7, 11) is 1.89. The number of H-pyrrole nitrogens is 1. The fraction of sp³-hybridized carbons (Fsp3) is 0.467. The fourth-order valence-electron chi connectivity index (χ4n) is 2.61. The summed E-state index contributed by atoms with van der Waals surface area (Å²) >= 11 is 0. The molecule has 0 spiro atoms. The van der Waals surface area contributed by atoms with Crippen LogP contribution in [0, 0.1) is 12.8 Å². The van der Waals surface area contributed by atoms with Gasteiger partial charge in [-0.05, 0) is 25.7 Å². The minimum atomic E-state index is -0.587. The van der Waals surface area contributed by atoms with Crippen molar-refractivity contribution < 1.29 is 4.79 Å². The van der Waals surface area contributed by atoms with Crippen molar-refractivity contribution in [1.82, 2.24) is 24.4 Å². The zero-order chi connectivity index (χ0) is 16.6. The van der Waals surface area contributed by atoms with Crippen molar-refractivity contribution in [3.63, 3.8) is 0 Å². The molecule has 2 aromatic rings. The maximum absolute atomic E-state index is 12.3. The second kappa shape index (κ2) is 5.86. The van der Waals surface area contributed by atoms with E-state index in [0.29, 0.717) is 11.5 Å². The van der Waals surface area contributed by atoms with Gasteiger partial charge in [-0.15, -0.1) is 0 Å². The molecule has 1 saturated carbocycles. The first kappa shape index (κ1) is 15.3. The van der Waals surface area contributed by atoms with Crippen LogP contribution in [0.1, 0.15) is 30.3 Å². The van der Waals surface area contributed by atoms with Crippen molar-refractivity contribution >= 4 is 5.91 Å². The van der Waals surface area contributed by atoms with Crippen LogP contribution in [0.3, 0.4) is 0 Å². The van der Waals surface area contributed by atoms with Crippen LogP contribution in [0.25, 0.3) is 0 Å². The maximum atomic E-state index is 12.3. The Bertz CT molecular complexity index is 843. The smallest absolute Gasteiger partial charge is 0.328 e. The molecule has 122 valence electrons. The van der Waals surface area contributed by atoms with Crippen molar-refractivity contribution in [3.05, 3.63) is 50.8 Å². The molecular formula is C15H19N5O3. The van der Waals surface area contributed by atoms with Crippen LogP contribution in [0.5, 0.6) is 0 Å². The van der Waals surface area contributed by atoms with Gasteiger partial charge in [0.15, 0.2) is 0 Å². The van der Waals surface area contributed by atoms with Gasteiger partial charge >= 0.3 is 5.69 Å². The molecule has 1 aliphatic carbocycles. The molecule has 1 atom stereocenters. The number of aromatic amines is 1. The summed E-state index contributed by atoms with van der Waals surface area (Å²) in [6.07, 6.45) is 7.04. The van der Waals surface area contributed by atoms with Crippen LogP contribution in [0.2, 0.25) is 0 Å². The van der Waals surface area contributed by atoms with Crippen LogP contribution in [0.4, 0.5) is 0 Å².